The summed E-state index contributed by atoms with van der Waals surface area (Å²) in [6.07, 6.45) is 6.88. The van der Waals surface area contributed by atoms with Crippen LogP contribution in [0.25, 0.3) is 5.52 Å². The molecule has 3 heterocycles. The van der Waals surface area contributed by atoms with E-state index in [1.165, 1.54) is 12.1 Å². The molecule has 0 saturated heterocycles. The smallest absolute Gasteiger partial charge is 0.307 e. The lowest BCUT2D eigenvalue weighted by Crippen LogP contribution is -2.22. The van der Waals surface area contributed by atoms with Crippen molar-refractivity contribution in [2.24, 2.45) is 0 Å². The lowest BCUT2D eigenvalue weighted by Gasteiger charge is -2.25. The van der Waals surface area contributed by atoms with Gasteiger partial charge in [-0.1, -0.05) is 23.4 Å². The standard InChI is InChI=1S/C23H21FN4O2/c24-16-6-4-15(5-7-16)11-18-14-25-26-28(18)17-8-9-19-20(13-23(29)30)21-3-1-2-10-27(21)22(19)12-17/h1-7,10,14,17H,8-9,11-13H2,(H,29,30)/t17-/m1/s1. The first-order valence-corrected chi connectivity index (χ1v) is 10.0. The lowest BCUT2D eigenvalue weighted by atomic mass is 9.90. The van der Waals surface area contributed by atoms with E-state index in [1.54, 1.807) is 18.3 Å². The average Bonchev–Trinajstić information content (AvgIpc) is 3.32. The molecule has 3 aromatic heterocycles. The SMILES string of the molecule is O=C(O)Cc1c2c(n3ccccc13)C[C@H](n1nncc1Cc1ccc(F)cc1)CC2. The maximum absolute atomic E-state index is 13.2. The lowest BCUT2D eigenvalue weighted by molar-refractivity contribution is -0.136. The van der Waals surface area contributed by atoms with Crippen molar-refractivity contribution in [3.05, 3.63) is 88.8 Å². The van der Waals surface area contributed by atoms with Crippen LogP contribution in [-0.4, -0.2) is 30.5 Å². The summed E-state index contributed by atoms with van der Waals surface area (Å²) in [6.45, 7) is 0. The minimum Gasteiger partial charge on any atom is -0.481 e. The van der Waals surface area contributed by atoms with Crippen molar-refractivity contribution in [3.63, 3.8) is 0 Å². The molecule has 152 valence electrons. The van der Waals surface area contributed by atoms with Crippen LogP contribution in [0, 0.1) is 5.82 Å². The number of carboxylic acids is 1. The highest BCUT2D eigenvalue weighted by atomic mass is 19.1. The van der Waals surface area contributed by atoms with Crippen LogP contribution in [0.3, 0.4) is 0 Å². The molecule has 0 amide bonds. The van der Waals surface area contributed by atoms with E-state index in [2.05, 4.69) is 14.7 Å². The summed E-state index contributed by atoms with van der Waals surface area (Å²) in [5, 5.41) is 17.9. The third kappa shape index (κ3) is 3.26. The predicted molar refractivity (Wildman–Crippen MR) is 109 cm³/mol. The van der Waals surface area contributed by atoms with Crippen LogP contribution in [0.5, 0.6) is 0 Å². The Bertz CT molecular complexity index is 1230. The van der Waals surface area contributed by atoms with Gasteiger partial charge in [0.25, 0.3) is 0 Å². The third-order valence-corrected chi connectivity index (χ3v) is 5.95. The highest BCUT2D eigenvalue weighted by molar-refractivity contribution is 5.76. The molecule has 6 nitrogen and oxygen atoms in total. The predicted octanol–water partition coefficient (Wildman–Crippen LogP) is 3.62. The van der Waals surface area contributed by atoms with Crippen molar-refractivity contribution in [3.8, 4) is 0 Å². The molecular weight excluding hydrogens is 383 g/mol. The van der Waals surface area contributed by atoms with Gasteiger partial charge < -0.3 is 9.51 Å². The average molecular weight is 404 g/mol. The van der Waals surface area contributed by atoms with Gasteiger partial charge in [0, 0.05) is 30.2 Å². The maximum atomic E-state index is 13.2. The van der Waals surface area contributed by atoms with Crippen LogP contribution in [0.2, 0.25) is 0 Å². The zero-order valence-electron chi connectivity index (χ0n) is 16.3. The summed E-state index contributed by atoms with van der Waals surface area (Å²) < 4.78 is 17.3. The van der Waals surface area contributed by atoms with Crippen molar-refractivity contribution in [2.45, 2.75) is 38.1 Å². The number of hydrogen-bond acceptors (Lipinski definition) is 3. The molecule has 0 radical (unpaired) electrons. The van der Waals surface area contributed by atoms with Gasteiger partial charge in [-0.2, -0.15) is 0 Å². The van der Waals surface area contributed by atoms with Gasteiger partial charge in [-0.3, -0.25) is 4.79 Å². The zero-order chi connectivity index (χ0) is 20.7. The van der Waals surface area contributed by atoms with Gasteiger partial charge in [0.05, 0.1) is 24.4 Å². The van der Waals surface area contributed by atoms with Gasteiger partial charge >= 0.3 is 5.97 Å². The van der Waals surface area contributed by atoms with Crippen LogP contribution >= 0.6 is 0 Å². The molecule has 7 heteroatoms. The zero-order valence-corrected chi connectivity index (χ0v) is 16.3. The van der Waals surface area contributed by atoms with Crippen molar-refractivity contribution in [1.29, 1.82) is 0 Å². The molecule has 0 fully saturated rings. The van der Waals surface area contributed by atoms with Crippen molar-refractivity contribution < 1.29 is 14.3 Å². The van der Waals surface area contributed by atoms with E-state index >= 15 is 0 Å². The molecule has 1 aliphatic carbocycles. The molecule has 4 aromatic rings. The van der Waals surface area contributed by atoms with Gasteiger partial charge in [-0.15, -0.1) is 5.10 Å². The topological polar surface area (TPSA) is 72.4 Å². The molecule has 30 heavy (non-hydrogen) atoms. The number of rotatable bonds is 5. The molecule has 0 saturated carbocycles. The molecule has 0 spiro atoms. The quantitative estimate of drug-likeness (QED) is 0.552. The Hall–Kier alpha value is -3.48. The molecular formula is C23H21FN4O2. The van der Waals surface area contributed by atoms with Crippen LogP contribution in [-0.2, 0) is 30.5 Å². The summed E-state index contributed by atoms with van der Waals surface area (Å²) in [5.41, 5.74) is 6.19. The van der Waals surface area contributed by atoms with Crippen LogP contribution in [0.4, 0.5) is 4.39 Å². The molecule has 0 unspecified atom stereocenters. The highest BCUT2D eigenvalue weighted by Gasteiger charge is 2.29. The largest absolute Gasteiger partial charge is 0.481 e. The van der Waals surface area contributed by atoms with E-state index in [9.17, 15) is 14.3 Å². The first-order valence-electron chi connectivity index (χ1n) is 10.0. The van der Waals surface area contributed by atoms with E-state index in [0.717, 1.165) is 52.9 Å². The molecule has 1 aliphatic rings. The van der Waals surface area contributed by atoms with E-state index in [4.69, 9.17) is 0 Å². The minimum atomic E-state index is -0.811. The summed E-state index contributed by atoms with van der Waals surface area (Å²) in [7, 11) is 0. The summed E-state index contributed by atoms with van der Waals surface area (Å²) in [5.74, 6) is -1.06. The van der Waals surface area contributed by atoms with E-state index in [1.807, 2.05) is 29.1 Å². The Balaban J connectivity index is 1.48. The highest BCUT2D eigenvalue weighted by Crippen LogP contribution is 2.35. The number of aliphatic carboxylic acids is 1. The number of carboxylic acid groups (broad SMARTS) is 1. The molecule has 1 atom stereocenters. The first kappa shape index (κ1) is 18.5. The van der Waals surface area contributed by atoms with E-state index in [-0.39, 0.29) is 18.3 Å². The Morgan fingerprint density at radius 2 is 2.03 bits per heavy atom. The summed E-state index contributed by atoms with van der Waals surface area (Å²) >= 11 is 0. The van der Waals surface area contributed by atoms with Gasteiger partial charge in [-0.05, 0) is 53.8 Å². The summed E-state index contributed by atoms with van der Waals surface area (Å²) in [6, 6.07) is 12.5. The fourth-order valence-corrected chi connectivity index (χ4v) is 4.62. The second kappa shape index (κ2) is 7.40. The van der Waals surface area contributed by atoms with Crippen molar-refractivity contribution in [2.75, 3.05) is 0 Å². The molecule has 1 N–H and O–H groups in total. The Morgan fingerprint density at radius 1 is 1.20 bits per heavy atom. The van der Waals surface area contributed by atoms with Crippen LogP contribution in [0.15, 0.2) is 54.9 Å². The fraction of sp³-hybridized carbons (Fsp3) is 0.261. The summed E-state index contributed by atoms with van der Waals surface area (Å²) in [4.78, 5) is 11.4. The Morgan fingerprint density at radius 3 is 2.83 bits per heavy atom. The van der Waals surface area contributed by atoms with Crippen molar-refractivity contribution in [1.82, 2.24) is 19.4 Å². The van der Waals surface area contributed by atoms with Gasteiger partial charge in [0.2, 0.25) is 0 Å². The first-order chi connectivity index (χ1) is 14.6. The Kier molecular flexibility index (Phi) is 4.58. The van der Waals surface area contributed by atoms with Crippen LogP contribution < -0.4 is 0 Å². The maximum Gasteiger partial charge on any atom is 0.307 e. The number of nitrogens with zero attached hydrogens (tertiary/aromatic N) is 4. The van der Waals surface area contributed by atoms with Crippen LogP contribution in [0.1, 0.15) is 40.5 Å². The molecule has 0 bridgehead atoms. The second-order valence-electron chi connectivity index (χ2n) is 7.80. The number of carbonyl (C=O) groups is 1. The number of halogens is 1. The van der Waals surface area contributed by atoms with Gasteiger partial charge in [-0.25, -0.2) is 9.07 Å². The molecule has 0 aliphatic heterocycles. The van der Waals surface area contributed by atoms with E-state index in [0.29, 0.717) is 6.42 Å². The fourth-order valence-electron chi connectivity index (χ4n) is 4.62. The van der Waals surface area contributed by atoms with Crippen molar-refractivity contribution >= 4 is 11.5 Å². The number of hydrogen-bond donors (Lipinski definition) is 1. The second-order valence-corrected chi connectivity index (χ2v) is 7.80. The minimum absolute atomic E-state index is 0.0344. The third-order valence-electron chi connectivity index (χ3n) is 5.95. The molecule has 1 aromatic carbocycles. The molecule has 5 rings (SSSR count). The number of aromatic nitrogens is 4. The number of fused-ring (bicyclic) bond motifs is 3. The number of pyridine rings is 1. The van der Waals surface area contributed by atoms with Gasteiger partial charge in [0.1, 0.15) is 5.82 Å². The normalized spacial score (nSPS) is 16.0. The monoisotopic (exact) mass is 404 g/mol. The van der Waals surface area contributed by atoms with Gasteiger partial charge in [0.15, 0.2) is 0 Å². The Labute approximate surface area is 172 Å². The van der Waals surface area contributed by atoms with E-state index < -0.39 is 5.97 Å². The number of benzene rings is 1.